The summed E-state index contributed by atoms with van der Waals surface area (Å²) in [6.07, 6.45) is 3.68. The molecule has 0 spiro atoms. The second-order valence-corrected chi connectivity index (χ2v) is 6.66. The summed E-state index contributed by atoms with van der Waals surface area (Å²) in [7, 11) is 1.74. The van der Waals surface area contributed by atoms with Crippen molar-refractivity contribution in [3.8, 4) is 11.4 Å². The van der Waals surface area contributed by atoms with Crippen LogP contribution < -0.4 is 4.74 Å². The number of rotatable bonds is 7. The van der Waals surface area contributed by atoms with Crippen molar-refractivity contribution < 1.29 is 13.9 Å². The van der Waals surface area contributed by atoms with Crippen LogP contribution in [0.25, 0.3) is 5.69 Å². The molecule has 4 aromatic rings. The van der Waals surface area contributed by atoms with Crippen molar-refractivity contribution in [2.75, 3.05) is 7.05 Å². The highest BCUT2D eigenvalue weighted by Crippen LogP contribution is 2.16. The van der Waals surface area contributed by atoms with Gasteiger partial charge in [-0.25, -0.2) is 4.68 Å². The third-order valence-electron chi connectivity index (χ3n) is 4.42. The molecule has 0 fully saturated rings. The van der Waals surface area contributed by atoms with E-state index in [1.54, 1.807) is 35.0 Å². The molecule has 2 aromatic carbocycles. The number of ether oxygens (including phenoxy) is 1. The summed E-state index contributed by atoms with van der Waals surface area (Å²) in [6.45, 7) is 0.701. The van der Waals surface area contributed by atoms with Crippen LogP contribution in [0.3, 0.4) is 0 Å². The number of amides is 1. The first-order valence-corrected chi connectivity index (χ1v) is 9.30. The number of hydrogen-bond acceptors (Lipinski definition) is 4. The molecule has 0 saturated carbocycles. The quantitative estimate of drug-likeness (QED) is 0.474. The molecule has 0 bridgehead atoms. The van der Waals surface area contributed by atoms with E-state index >= 15 is 0 Å². The number of nitrogens with zero attached hydrogens (tertiary/aromatic N) is 3. The Labute approximate surface area is 168 Å². The maximum absolute atomic E-state index is 12.7. The minimum absolute atomic E-state index is 0.191. The van der Waals surface area contributed by atoms with Crippen molar-refractivity contribution in [1.29, 1.82) is 0 Å². The molecule has 29 heavy (non-hydrogen) atoms. The van der Waals surface area contributed by atoms with E-state index in [1.165, 1.54) is 0 Å². The zero-order valence-corrected chi connectivity index (χ0v) is 16.1. The first-order chi connectivity index (χ1) is 14.2. The number of para-hydroxylation sites is 2. The fourth-order valence-electron chi connectivity index (χ4n) is 2.94. The van der Waals surface area contributed by atoms with E-state index < -0.39 is 0 Å². The van der Waals surface area contributed by atoms with Gasteiger partial charge in [-0.15, -0.1) is 0 Å². The molecule has 0 radical (unpaired) electrons. The Morgan fingerprint density at radius 2 is 1.76 bits per heavy atom. The van der Waals surface area contributed by atoms with Gasteiger partial charge in [0.1, 0.15) is 18.1 Å². The van der Waals surface area contributed by atoms with Gasteiger partial charge in [0.05, 0.1) is 11.9 Å². The van der Waals surface area contributed by atoms with E-state index in [2.05, 4.69) is 5.10 Å². The van der Waals surface area contributed by atoms with Gasteiger partial charge < -0.3 is 14.1 Å². The third-order valence-corrected chi connectivity index (χ3v) is 4.42. The van der Waals surface area contributed by atoms with Crippen LogP contribution >= 0.6 is 0 Å². The maximum atomic E-state index is 12.7. The van der Waals surface area contributed by atoms with Crippen molar-refractivity contribution in [3.63, 3.8) is 0 Å². The number of hydrogen-bond donors (Lipinski definition) is 0. The normalized spacial score (nSPS) is 10.7. The fraction of sp³-hybridized carbons (Fsp3) is 0.130. The second-order valence-electron chi connectivity index (χ2n) is 6.66. The molecule has 6 nitrogen and oxygen atoms in total. The van der Waals surface area contributed by atoms with E-state index in [9.17, 15) is 4.79 Å². The zero-order chi connectivity index (χ0) is 20.1. The van der Waals surface area contributed by atoms with Gasteiger partial charge in [0.25, 0.3) is 5.91 Å². The van der Waals surface area contributed by atoms with E-state index in [1.807, 2.05) is 66.9 Å². The first kappa shape index (κ1) is 18.6. The molecule has 0 aliphatic carbocycles. The van der Waals surface area contributed by atoms with Crippen LogP contribution in [0, 0.1) is 0 Å². The molecule has 0 unspecified atom stereocenters. The summed E-state index contributed by atoms with van der Waals surface area (Å²) < 4.78 is 13.1. The second kappa shape index (κ2) is 8.48. The van der Waals surface area contributed by atoms with E-state index in [0.717, 1.165) is 17.0 Å². The lowest BCUT2D eigenvalue weighted by Gasteiger charge is -2.14. The van der Waals surface area contributed by atoms with Gasteiger partial charge in [-0.2, -0.15) is 5.10 Å². The Morgan fingerprint density at radius 3 is 2.52 bits per heavy atom. The fourth-order valence-corrected chi connectivity index (χ4v) is 2.94. The largest absolute Gasteiger partial charge is 0.486 e. The summed E-state index contributed by atoms with van der Waals surface area (Å²) in [5, 5.41) is 4.37. The topological polar surface area (TPSA) is 60.5 Å². The predicted molar refractivity (Wildman–Crippen MR) is 109 cm³/mol. The van der Waals surface area contributed by atoms with Gasteiger partial charge in [0.2, 0.25) is 0 Å². The Hall–Kier alpha value is -3.80. The number of furan rings is 1. The van der Waals surface area contributed by atoms with Crippen molar-refractivity contribution in [2.24, 2.45) is 0 Å². The highest BCUT2D eigenvalue weighted by Gasteiger charge is 2.17. The van der Waals surface area contributed by atoms with Crippen LogP contribution in [-0.2, 0) is 13.2 Å². The summed E-state index contributed by atoms with van der Waals surface area (Å²) in [5.74, 6) is 1.45. The average molecular weight is 387 g/mol. The molecule has 2 heterocycles. The standard InChI is InChI=1S/C23H21N3O3/c1-25(15-18-14-24-26(16-18)19-8-4-2-5-9-19)23(27)22-13-12-21(29-22)17-28-20-10-6-3-7-11-20/h2-14,16H,15,17H2,1H3. The van der Waals surface area contributed by atoms with Crippen molar-refractivity contribution in [2.45, 2.75) is 13.2 Å². The van der Waals surface area contributed by atoms with Crippen LogP contribution in [0.4, 0.5) is 0 Å². The number of benzene rings is 2. The van der Waals surface area contributed by atoms with Crippen molar-refractivity contribution >= 4 is 5.91 Å². The summed E-state index contributed by atoms with van der Waals surface area (Å²) in [6, 6.07) is 22.8. The van der Waals surface area contributed by atoms with E-state index in [-0.39, 0.29) is 18.3 Å². The van der Waals surface area contributed by atoms with Crippen LogP contribution in [-0.4, -0.2) is 27.6 Å². The molecule has 0 aliphatic rings. The first-order valence-electron chi connectivity index (χ1n) is 9.30. The summed E-state index contributed by atoms with van der Waals surface area (Å²) in [5.41, 5.74) is 1.91. The predicted octanol–water partition coefficient (Wildman–Crippen LogP) is 4.32. The Bertz CT molecular complexity index is 1070. The van der Waals surface area contributed by atoms with Gasteiger partial charge in [-0.1, -0.05) is 36.4 Å². The summed E-state index contributed by atoms with van der Waals surface area (Å²) >= 11 is 0. The average Bonchev–Trinajstić information content (AvgIpc) is 3.43. The molecular weight excluding hydrogens is 366 g/mol. The lowest BCUT2D eigenvalue weighted by atomic mass is 10.3. The SMILES string of the molecule is CN(Cc1cnn(-c2ccccc2)c1)C(=O)c1ccc(COc2ccccc2)o1. The highest BCUT2D eigenvalue weighted by atomic mass is 16.5. The molecule has 146 valence electrons. The van der Waals surface area contributed by atoms with Crippen molar-refractivity contribution in [1.82, 2.24) is 14.7 Å². The van der Waals surface area contributed by atoms with Gasteiger partial charge in [-0.05, 0) is 36.4 Å². The maximum Gasteiger partial charge on any atom is 0.289 e. The molecule has 6 heteroatoms. The van der Waals surface area contributed by atoms with Crippen LogP contribution in [0.1, 0.15) is 21.9 Å². The van der Waals surface area contributed by atoms with Crippen LogP contribution in [0.2, 0.25) is 0 Å². The molecule has 4 rings (SSSR count). The van der Waals surface area contributed by atoms with Gasteiger partial charge in [-0.3, -0.25) is 4.79 Å². The molecule has 1 amide bonds. The number of aromatic nitrogens is 2. The highest BCUT2D eigenvalue weighted by molar-refractivity contribution is 5.91. The monoisotopic (exact) mass is 387 g/mol. The van der Waals surface area contributed by atoms with Gasteiger partial charge in [0.15, 0.2) is 5.76 Å². The molecular formula is C23H21N3O3. The molecule has 0 saturated heterocycles. The van der Waals surface area contributed by atoms with Gasteiger partial charge in [0, 0.05) is 25.4 Å². The molecule has 0 atom stereocenters. The van der Waals surface area contributed by atoms with Crippen LogP contribution in [0.5, 0.6) is 5.75 Å². The number of carbonyl (C=O) groups is 1. The Morgan fingerprint density at radius 1 is 1.03 bits per heavy atom. The van der Waals surface area contributed by atoms with E-state index in [0.29, 0.717) is 12.3 Å². The molecule has 0 aliphatic heterocycles. The minimum atomic E-state index is -0.191. The van der Waals surface area contributed by atoms with Crippen LogP contribution in [0.15, 0.2) is 89.6 Å². The summed E-state index contributed by atoms with van der Waals surface area (Å²) in [4.78, 5) is 14.3. The minimum Gasteiger partial charge on any atom is -0.486 e. The van der Waals surface area contributed by atoms with E-state index in [4.69, 9.17) is 9.15 Å². The Kier molecular flexibility index (Phi) is 5.42. The van der Waals surface area contributed by atoms with Gasteiger partial charge >= 0.3 is 0 Å². The number of carbonyl (C=O) groups excluding carboxylic acids is 1. The van der Waals surface area contributed by atoms with Crippen molar-refractivity contribution in [3.05, 3.63) is 102 Å². The zero-order valence-electron chi connectivity index (χ0n) is 16.1. The third kappa shape index (κ3) is 4.55. The lowest BCUT2D eigenvalue weighted by molar-refractivity contribution is 0.0749. The molecule has 0 N–H and O–H groups in total. The Balaban J connectivity index is 1.36. The lowest BCUT2D eigenvalue weighted by Crippen LogP contribution is -2.25. The smallest absolute Gasteiger partial charge is 0.289 e. The molecule has 2 aromatic heterocycles.